The van der Waals surface area contributed by atoms with Gasteiger partial charge in [0.2, 0.25) is 15.9 Å². The van der Waals surface area contributed by atoms with E-state index in [-0.39, 0.29) is 31.8 Å². The van der Waals surface area contributed by atoms with Gasteiger partial charge in [0.25, 0.3) is 0 Å². The average molecular weight is 410 g/mol. The van der Waals surface area contributed by atoms with Crippen molar-refractivity contribution in [3.05, 3.63) is 59.7 Å². The Balaban J connectivity index is 1.60. The number of nitrogens with zero attached hydrogens (tertiary/aromatic N) is 1. The second-order valence-corrected chi connectivity index (χ2v) is 8.95. The van der Waals surface area contributed by atoms with Crippen molar-refractivity contribution in [2.45, 2.75) is 29.3 Å². The summed E-state index contributed by atoms with van der Waals surface area (Å²) in [4.78, 5) is 12.2. The molecule has 0 aliphatic carbocycles. The molecule has 9 heteroatoms. The van der Waals surface area contributed by atoms with Crippen molar-refractivity contribution in [1.82, 2.24) is 4.31 Å². The van der Waals surface area contributed by atoms with Gasteiger partial charge in [0.1, 0.15) is 0 Å². The van der Waals surface area contributed by atoms with Gasteiger partial charge in [-0.25, -0.2) is 8.42 Å². The Hall–Kier alpha value is -2.39. The molecule has 1 N–H and O–H groups in total. The van der Waals surface area contributed by atoms with Crippen LogP contribution >= 0.6 is 0 Å². The third-order valence-electron chi connectivity index (χ3n) is 5.50. The van der Waals surface area contributed by atoms with Crippen molar-refractivity contribution in [1.29, 1.82) is 0 Å². The highest BCUT2D eigenvalue weighted by Gasteiger charge is 2.49. The monoisotopic (exact) mass is 410 g/mol. The smallest absolute Gasteiger partial charge is 0.325 e. The van der Waals surface area contributed by atoms with Crippen LogP contribution in [0.1, 0.15) is 24.0 Å². The first-order chi connectivity index (χ1) is 13.1. The molecule has 2 aromatic carbocycles. The molecule has 0 bridgehead atoms. The third-order valence-corrected chi connectivity index (χ3v) is 7.40. The number of sulfonamides is 1. The second-order valence-electron chi connectivity index (χ2n) is 7.01. The van der Waals surface area contributed by atoms with Gasteiger partial charge in [-0.2, -0.15) is 17.5 Å². The normalized spacial score (nSPS) is 19.5. The van der Waals surface area contributed by atoms with Gasteiger partial charge < -0.3 is 5.32 Å². The lowest BCUT2D eigenvalue weighted by Crippen LogP contribution is -2.48. The fraction of sp³-hybridized carbons (Fsp3) is 0.316. The number of hydrogen-bond acceptors (Lipinski definition) is 3. The van der Waals surface area contributed by atoms with Crippen molar-refractivity contribution < 1.29 is 26.4 Å². The standard InChI is InChI=1S/C19H17F3N2O3S/c20-19(21,22)13-4-3-5-14(12-13)28(26,27)24-10-8-18(9-11-24)15-6-1-2-7-16(15)23-17(18)25/h1-7,12H,8-11H2,(H,23,25). The molecule has 0 unspecified atom stereocenters. The zero-order chi connectivity index (χ0) is 20.2. The van der Waals surface area contributed by atoms with Crippen molar-refractivity contribution in [3.63, 3.8) is 0 Å². The Bertz CT molecular complexity index is 1040. The van der Waals surface area contributed by atoms with Crippen LogP contribution in [0, 0.1) is 0 Å². The summed E-state index contributed by atoms with van der Waals surface area (Å²) in [6.45, 7) is 0.112. The number of alkyl halides is 3. The van der Waals surface area contributed by atoms with E-state index in [4.69, 9.17) is 0 Å². The molecule has 5 nitrogen and oxygen atoms in total. The summed E-state index contributed by atoms with van der Waals surface area (Å²) in [5.41, 5.74) is -0.236. The molecular formula is C19H17F3N2O3S. The maximum absolute atomic E-state index is 12.9. The van der Waals surface area contributed by atoms with Gasteiger partial charge >= 0.3 is 6.18 Å². The third kappa shape index (κ3) is 2.89. The molecule has 4 rings (SSSR count). The number of halogens is 3. The maximum Gasteiger partial charge on any atom is 0.416 e. The van der Waals surface area contributed by atoms with Crippen molar-refractivity contribution in [2.75, 3.05) is 18.4 Å². The Morgan fingerprint density at radius 2 is 1.68 bits per heavy atom. The summed E-state index contributed by atoms with van der Waals surface area (Å²) in [5.74, 6) is -0.162. The first kappa shape index (κ1) is 18.9. The number of benzene rings is 2. The van der Waals surface area contributed by atoms with Crippen LogP contribution in [-0.4, -0.2) is 31.7 Å². The van der Waals surface area contributed by atoms with E-state index in [9.17, 15) is 26.4 Å². The average Bonchev–Trinajstić information content (AvgIpc) is 2.93. The summed E-state index contributed by atoms with van der Waals surface area (Å²) in [6.07, 6.45) is -4.08. The van der Waals surface area contributed by atoms with Crippen LogP contribution in [0.2, 0.25) is 0 Å². The number of anilines is 1. The van der Waals surface area contributed by atoms with Gasteiger partial charge in [-0.1, -0.05) is 24.3 Å². The van der Waals surface area contributed by atoms with Gasteiger partial charge in [-0.3, -0.25) is 4.79 Å². The molecule has 28 heavy (non-hydrogen) atoms. The van der Waals surface area contributed by atoms with Crippen molar-refractivity contribution in [2.24, 2.45) is 0 Å². The Morgan fingerprint density at radius 1 is 1.00 bits per heavy atom. The number of carbonyl (C=O) groups is 1. The summed E-state index contributed by atoms with van der Waals surface area (Å²) >= 11 is 0. The molecule has 1 saturated heterocycles. The Kier molecular flexibility index (Phi) is 4.27. The Morgan fingerprint density at radius 3 is 2.36 bits per heavy atom. The highest BCUT2D eigenvalue weighted by atomic mass is 32.2. The Labute approximate surface area is 160 Å². The molecule has 0 saturated carbocycles. The molecule has 0 radical (unpaired) electrons. The van der Waals surface area contributed by atoms with E-state index >= 15 is 0 Å². The van der Waals surface area contributed by atoms with Crippen LogP contribution in [0.5, 0.6) is 0 Å². The number of para-hydroxylation sites is 1. The molecule has 1 spiro atoms. The summed E-state index contributed by atoms with van der Waals surface area (Å²) in [6, 6.07) is 11.0. The van der Waals surface area contributed by atoms with Crippen LogP contribution in [0.15, 0.2) is 53.4 Å². The molecule has 2 aliphatic rings. The SMILES string of the molecule is O=C1Nc2ccccc2C12CCN(S(=O)(=O)c1cccc(C(F)(F)F)c1)CC2. The number of nitrogens with one attached hydrogen (secondary N) is 1. The lowest BCUT2D eigenvalue weighted by atomic mass is 9.74. The fourth-order valence-electron chi connectivity index (χ4n) is 3.96. The van der Waals surface area contributed by atoms with E-state index in [2.05, 4.69) is 5.32 Å². The minimum Gasteiger partial charge on any atom is -0.325 e. The van der Waals surface area contributed by atoms with Gasteiger partial charge in [0.15, 0.2) is 0 Å². The van der Waals surface area contributed by atoms with Crippen LogP contribution in [0.4, 0.5) is 18.9 Å². The van der Waals surface area contributed by atoms with Gasteiger partial charge in [-0.05, 0) is 42.7 Å². The van der Waals surface area contributed by atoms with E-state index < -0.39 is 32.1 Å². The van der Waals surface area contributed by atoms with Crippen molar-refractivity contribution in [3.8, 4) is 0 Å². The summed E-state index contributed by atoms with van der Waals surface area (Å²) in [5, 5.41) is 2.84. The van der Waals surface area contributed by atoms with Crippen LogP contribution in [0.25, 0.3) is 0 Å². The highest BCUT2D eigenvalue weighted by Crippen LogP contribution is 2.45. The number of hydrogen-bond donors (Lipinski definition) is 1. The predicted octanol–water partition coefficient (Wildman–Crippen LogP) is 3.38. The zero-order valence-electron chi connectivity index (χ0n) is 14.7. The number of piperidine rings is 1. The first-order valence-electron chi connectivity index (χ1n) is 8.73. The zero-order valence-corrected chi connectivity index (χ0v) is 15.5. The number of amides is 1. The largest absolute Gasteiger partial charge is 0.416 e. The molecule has 2 aliphatic heterocycles. The number of rotatable bonds is 2. The van der Waals surface area contributed by atoms with E-state index in [1.165, 1.54) is 0 Å². The maximum atomic E-state index is 12.9. The highest BCUT2D eigenvalue weighted by molar-refractivity contribution is 7.89. The fourth-order valence-corrected chi connectivity index (χ4v) is 5.45. The van der Waals surface area contributed by atoms with E-state index in [0.717, 1.165) is 33.8 Å². The minimum absolute atomic E-state index is 0.0559. The van der Waals surface area contributed by atoms with E-state index in [0.29, 0.717) is 6.07 Å². The number of carbonyl (C=O) groups excluding carboxylic acids is 1. The molecule has 148 valence electrons. The second kappa shape index (κ2) is 6.31. The van der Waals surface area contributed by atoms with Gasteiger partial charge in [0.05, 0.1) is 15.9 Å². The molecule has 2 aromatic rings. The summed E-state index contributed by atoms with van der Waals surface area (Å²) in [7, 11) is -4.08. The topological polar surface area (TPSA) is 66.5 Å². The lowest BCUT2D eigenvalue weighted by molar-refractivity contribution is -0.137. The van der Waals surface area contributed by atoms with Crippen LogP contribution in [0.3, 0.4) is 0 Å². The van der Waals surface area contributed by atoms with Gasteiger partial charge in [-0.15, -0.1) is 0 Å². The van der Waals surface area contributed by atoms with E-state index in [1.54, 1.807) is 6.07 Å². The molecular weight excluding hydrogens is 393 g/mol. The van der Waals surface area contributed by atoms with Crippen LogP contribution < -0.4 is 5.32 Å². The minimum atomic E-state index is -4.62. The van der Waals surface area contributed by atoms with Crippen molar-refractivity contribution >= 4 is 21.6 Å². The molecule has 2 heterocycles. The first-order valence-corrected chi connectivity index (χ1v) is 10.2. The number of fused-ring (bicyclic) bond motifs is 2. The lowest BCUT2D eigenvalue weighted by Gasteiger charge is -2.37. The molecule has 0 atom stereocenters. The summed E-state index contributed by atoms with van der Waals surface area (Å²) < 4.78 is 65.7. The molecule has 1 fully saturated rings. The molecule has 1 amide bonds. The quantitative estimate of drug-likeness (QED) is 0.826. The van der Waals surface area contributed by atoms with E-state index in [1.807, 2.05) is 18.2 Å². The molecule has 0 aromatic heterocycles. The van der Waals surface area contributed by atoms with Crippen LogP contribution in [-0.2, 0) is 26.4 Å². The van der Waals surface area contributed by atoms with Gasteiger partial charge in [0, 0.05) is 18.8 Å². The predicted molar refractivity (Wildman–Crippen MR) is 96.2 cm³/mol.